The minimum atomic E-state index is 0.576. The molecule has 0 spiro atoms. The Balaban J connectivity index is 1.88. The second-order valence-corrected chi connectivity index (χ2v) is 5.25. The summed E-state index contributed by atoms with van der Waals surface area (Å²) in [5.41, 5.74) is 9.50. The third-order valence-corrected chi connectivity index (χ3v) is 3.64. The summed E-state index contributed by atoms with van der Waals surface area (Å²) in [7, 11) is 0. The van der Waals surface area contributed by atoms with E-state index in [1.165, 1.54) is 29.7 Å². The first-order valence-electron chi connectivity index (χ1n) is 6.27. The van der Waals surface area contributed by atoms with Gasteiger partial charge in [-0.1, -0.05) is 23.7 Å². The molecule has 0 aliphatic heterocycles. The summed E-state index contributed by atoms with van der Waals surface area (Å²) in [6, 6.07) is 7.92. The first kappa shape index (κ1) is 11.8. The van der Waals surface area contributed by atoms with Gasteiger partial charge in [-0.2, -0.15) is 5.10 Å². The first-order chi connectivity index (χ1) is 8.78. The van der Waals surface area contributed by atoms with E-state index in [-0.39, 0.29) is 0 Å². The summed E-state index contributed by atoms with van der Waals surface area (Å²) >= 11 is 5.89. The molecule has 3 nitrogen and oxygen atoms in total. The third kappa shape index (κ3) is 2.28. The second kappa shape index (κ2) is 4.75. The van der Waals surface area contributed by atoms with Gasteiger partial charge in [0.05, 0.1) is 12.7 Å². The van der Waals surface area contributed by atoms with E-state index in [9.17, 15) is 0 Å². The van der Waals surface area contributed by atoms with Gasteiger partial charge in [0.25, 0.3) is 0 Å². The highest BCUT2D eigenvalue weighted by atomic mass is 35.5. The topological polar surface area (TPSA) is 43.8 Å². The molecule has 2 N–H and O–H groups in total. The molecule has 0 bridgehead atoms. The zero-order chi connectivity index (χ0) is 12.5. The van der Waals surface area contributed by atoms with Crippen LogP contribution in [0.3, 0.4) is 0 Å². The Labute approximate surface area is 112 Å². The summed E-state index contributed by atoms with van der Waals surface area (Å²) in [5, 5.41) is 5.24. The predicted molar refractivity (Wildman–Crippen MR) is 72.6 cm³/mol. The molecular formula is C14H16ClN3. The summed E-state index contributed by atoms with van der Waals surface area (Å²) in [4.78, 5) is 0. The molecular weight excluding hydrogens is 246 g/mol. The summed E-state index contributed by atoms with van der Waals surface area (Å²) in [5.74, 6) is 0.665. The molecule has 94 valence electrons. The van der Waals surface area contributed by atoms with Crippen molar-refractivity contribution in [3.05, 3.63) is 52.3 Å². The lowest BCUT2D eigenvalue weighted by Crippen LogP contribution is -2.08. The maximum atomic E-state index is 5.89. The average molecular weight is 262 g/mol. The van der Waals surface area contributed by atoms with Crippen LogP contribution in [0.5, 0.6) is 0 Å². The van der Waals surface area contributed by atoms with E-state index in [1.54, 1.807) is 0 Å². The molecule has 1 aromatic heterocycles. The van der Waals surface area contributed by atoms with Gasteiger partial charge < -0.3 is 5.73 Å². The predicted octanol–water partition coefficient (Wildman–Crippen LogP) is 2.92. The third-order valence-electron chi connectivity index (χ3n) is 3.39. The van der Waals surface area contributed by atoms with Crippen LogP contribution in [0.4, 0.5) is 0 Å². The molecule has 0 radical (unpaired) electrons. The van der Waals surface area contributed by atoms with Crippen LogP contribution in [0.2, 0.25) is 5.02 Å². The van der Waals surface area contributed by atoms with Gasteiger partial charge in [-0.05, 0) is 30.5 Å². The van der Waals surface area contributed by atoms with Gasteiger partial charge in [-0.25, -0.2) is 0 Å². The molecule has 0 saturated heterocycles. The molecule has 1 aromatic carbocycles. The van der Waals surface area contributed by atoms with Crippen LogP contribution in [-0.4, -0.2) is 9.78 Å². The van der Waals surface area contributed by atoms with Crippen molar-refractivity contribution in [2.45, 2.75) is 31.8 Å². The molecule has 2 aromatic rings. The van der Waals surface area contributed by atoms with E-state index in [0.29, 0.717) is 12.5 Å². The minimum Gasteiger partial charge on any atom is -0.326 e. The van der Waals surface area contributed by atoms with Crippen molar-refractivity contribution >= 4 is 11.6 Å². The Morgan fingerprint density at radius 3 is 2.61 bits per heavy atom. The Morgan fingerprint density at radius 1 is 1.28 bits per heavy atom. The molecule has 0 amide bonds. The van der Waals surface area contributed by atoms with Crippen LogP contribution in [0.15, 0.2) is 30.5 Å². The van der Waals surface area contributed by atoms with Crippen LogP contribution >= 0.6 is 11.6 Å². The number of halogens is 1. The SMILES string of the molecule is NCc1cnn(Cc2ccc(Cl)cc2)c1C1CC1. The summed E-state index contributed by atoms with van der Waals surface area (Å²) in [6.07, 6.45) is 4.43. The molecule has 1 aliphatic rings. The normalized spacial score (nSPS) is 15.0. The fraction of sp³-hybridized carbons (Fsp3) is 0.357. The highest BCUT2D eigenvalue weighted by Gasteiger charge is 2.29. The molecule has 4 heteroatoms. The van der Waals surface area contributed by atoms with Crippen molar-refractivity contribution < 1.29 is 0 Å². The number of nitrogens with two attached hydrogens (primary N) is 1. The average Bonchev–Trinajstić information content (AvgIpc) is 3.14. The summed E-state index contributed by atoms with van der Waals surface area (Å²) < 4.78 is 2.09. The van der Waals surface area contributed by atoms with E-state index in [4.69, 9.17) is 17.3 Å². The van der Waals surface area contributed by atoms with E-state index < -0.39 is 0 Å². The highest BCUT2D eigenvalue weighted by molar-refractivity contribution is 6.30. The smallest absolute Gasteiger partial charge is 0.0662 e. The molecule has 1 fully saturated rings. The lowest BCUT2D eigenvalue weighted by atomic mass is 10.1. The van der Waals surface area contributed by atoms with Gasteiger partial charge >= 0.3 is 0 Å². The Hall–Kier alpha value is -1.32. The standard InChI is InChI=1S/C14H16ClN3/c15-13-5-1-10(2-6-13)9-18-14(11-3-4-11)12(7-16)8-17-18/h1-2,5-6,8,11H,3-4,7,9,16H2. The zero-order valence-electron chi connectivity index (χ0n) is 10.1. The van der Waals surface area contributed by atoms with Crippen LogP contribution in [-0.2, 0) is 13.1 Å². The second-order valence-electron chi connectivity index (χ2n) is 4.82. The van der Waals surface area contributed by atoms with Crippen LogP contribution in [0.25, 0.3) is 0 Å². The monoisotopic (exact) mass is 261 g/mol. The zero-order valence-corrected chi connectivity index (χ0v) is 10.9. The van der Waals surface area contributed by atoms with Gasteiger partial charge in [0, 0.05) is 28.7 Å². The molecule has 1 saturated carbocycles. The molecule has 3 rings (SSSR count). The Kier molecular flexibility index (Phi) is 3.10. The van der Waals surface area contributed by atoms with Crippen molar-refractivity contribution in [1.82, 2.24) is 9.78 Å². The van der Waals surface area contributed by atoms with E-state index in [1.807, 2.05) is 30.5 Å². The van der Waals surface area contributed by atoms with Crippen molar-refractivity contribution in [1.29, 1.82) is 0 Å². The molecule has 0 atom stereocenters. The molecule has 1 heterocycles. The van der Waals surface area contributed by atoms with Crippen LogP contribution in [0, 0.1) is 0 Å². The quantitative estimate of drug-likeness (QED) is 0.920. The van der Waals surface area contributed by atoms with E-state index in [2.05, 4.69) is 9.78 Å². The van der Waals surface area contributed by atoms with Crippen LogP contribution < -0.4 is 5.73 Å². The van der Waals surface area contributed by atoms with Gasteiger partial charge in [-0.15, -0.1) is 0 Å². The van der Waals surface area contributed by atoms with Crippen molar-refractivity contribution in [2.75, 3.05) is 0 Å². The van der Waals surface area contributed by atoms with E-state index >= 15 is 0 Å². The number of nitrogens with zero attached hydrogens (tertiary/aromatic N) is 2. The van der Waals surface area contributed by atoms with Gasteiger partial charge in [0.15, 0.2) is 0 Å². The van der Waals surface area contributed by atoms with E-state index in [0.717, 1.165) is 11.6 Å². The molecule has 1 aliphatic carbocycles. The number of rotatable bonds is 4. The number of aromatic nitrogens is 2. The van der Waals surface area contributed by atoms with Crippen molar-refractivity contribution in [3.8, 4) is 0 Å². The van der Waals surface area contributed by atoms with Gasteiger partial charge in [-0.3, -0.25) is 4.68 Å². The maximum absolute atomic E-state index is 5.89. The number of benzene rings is 1. The summed E-state index contributed by atoms with van der Waals surface area (Å²) in [6.45, 7) is 1.37. The number of hydrogen-bond acceptors (Lipinski definition) is 2. The van der Waals surface area contributed by atoms with Crippen molar-refractivity contribution in [2.24, 2.45) is 5.73 Å². The Morgan fingerprint density at radius 2 is 2.00 bits per heavy atom. The lowest BCUT2D eigenvalue weighted by Gasteiger charge is -2.08. The van der Waals surface area contributed by atoms with Gasteiger partial charge in [0.2, 0.25) is 0 Å². The fourth-order valence-electron chi connectivity index (χ4n) is 2.31. The fourth-order valence-corrected chi connectivity index (χ4v) is 2.44. The first-order valence-corrected chi connectivity index (χ1v) is 6.65. The largest absolute Gasteiger partial charge is 0.326 e. The molecule has 0 unspecified atom stereocenters. The van der Waals surface area contributed by atoms with Crippen LogP contribution in [0.1, 0.15) is 35.6 Å². The highest BCUT2D eigenvalue weighted by Crippen LogP contribution is 2.41. The minimum absolute atomic E-state index is 0.576. The Bertz CT molecular complexity index is 541. The van der Waals surface area contributed by atoms with Crippen molar-refractivity contribution in [3.63, 3.8) is 0 Å². The lowest BCUT2D eigenvalue weighted by molar-refractivity contribution is 0.644. The van der Waals surface area contributed by atoms with Gasteiger partial charge in [0.1, 0.15) is 0 Å². The molecule has 18 heavy (non-hydrogen) atoms. The number of hydrogen-bond donors (Lipinski definition) is 1. The maximum Gasteiger partial charge on any atom is 0.0662 e.